The van der Waals surface area contributed by atoms with Crippen LogP contribution in [0.1, 0.15) is 17.5 Å². The lowest BCUT2D eigenvalue weighted by Crippen LogP contribution is -2.28. The van der Waals surface area contributed by atoms with E-state index in [1.807, 2.05) is 37.3 Å². The molecule has 0 unspecified atom stereocenters. The Bertz CT molecular complexity index is 708. The molecular weight excluding hydrogens is 280 g/mol. The van der Waals surface area contributed by atoms with Crippen molar-refractivity contribution >= 4 is 0 Å². The van der Waals surface area contributed by atoms with Gasteiger partial charge in [-0.25, -0.2) is 0 Å². The second-order valence-electron chi connectivity index (χ2n) is 5.16. The zero-order valence-electron chi connectivity index (χ0n) is 13.0. The molecule has 0 aliphatic heterocycles. The van der Waals surface area contributed by atoms with E-state index in [1.165, 1.54) is 0 Å². The lowest BCUT2D eigenvalue weighted by Gasteiger charge is -2.16. The van der Waals surface area contributed by atoms with Crippen molar-refractivity contribution in [3.05, 3.63) is 51.8 Å². The van der Waals surface area contributed by atoms with Gasteiger partial charge in [-0.2, -0.15) is 0 Å². The Labute approximate surface area is 130 Å². The van der Waals surface area contributed by atoms with Crippen LogP contribution in [0, 0.1) is 6.92 Å². The maximum atomic E-state index is 12.6. The number of pyridine rings is 1. The molecule has 22 heavy (non-hydrogen) atoms. The normalized spacial score (nSPS) is 10.7. The van der Waals surface area contributed by atoms with E-state index in [-0.39, 0.29) is 18.7 Å². The molecule has 0 aliphatic carbocycles. The summed E-state index contributed by atoms with van der Waals surface area (Å²) in [6.45, 7) is 2.59. The zero-order chi connectivity index (χ0) is 16.1. The van der Waals surface area contributed by atoms with Crippen molar-refractivity contribution in [1.82, 2.24) is 4.57 Å². The average Bonchev–Trinajstić information content (AvgIpc) is 2.54. The smallest absolute Gasteiger partial charge is 0.255 e. The van der Waals surface area contributed by atoms with Crippen LogP contribution in [0.15, 0.2) is 35.1 Å². The first-order valence-corrected chi connectivity index (χ1v) is 7.31. The number of rotatable bonds is 6. The van der Waals surface area contributed by atoms with Gasteiger partial charge in [-0.05, 0) is 37.1 Å². The Kier molecular flexibility index (Phi) is 5.35. The molecule has 2 aromatic rings. The maximum absolute atomic E-state index is 12.6. The Morgan fingerprint density at radius 3 is 2.73 bits per heavy atom. The Morgan fingerprint density at radius 2 is 2.09 bits per heavy atom. The molecule has 0 atom stereocenters. The molecule has 5 nitrogen and oxygen atoms in total. The summed E-state index contributed by atoms with van der Waals surface area (Å²) in [7, 11) is 1.61. The molecule has 0 aliphatic rings. The van der Waals surface area contributed by atoms with E-state index in [0.717, 1.165) is 22.6 Å². The molecule has 0 amide bonds. The number of ether oxygens (including phenoxy) is 1. The van der Waals surface area contributed by atoms with Crippen molar-refractivity contribution in [2.24, 2.45) is 5.73 Å². The molecule has 5 heteroatoms. The largest absolute Gasteiger partial charge is 0.497 e. The van der Waals surface area contributed by atoms with Crippen LogP contribution in [0.5, 0.6) is 5.75 Å². The first-order chi connectivity index (χ1) is 10.6. The molecule has 1 aromatic heterocycles. The predicted molar refractivity (Wildman–Crippen MR) is 87.0 cm³/mol. The van der Waals surface area contributed by atoms with Crippen LogP contribution in [-0.4, -0.2) is 23.4 Å². The van der Waals surface area contributed by atoms with E-state index in [2.05, 4.69) is 0 Å². The number of nitrogens with zero attached hydrogens (tertiary/aromatic N) is 1. The van der Waals surface area contributed by atoms with Crippen LogP contribution in [0.25, 0.3) is 11.3 Å². The number of hydrogen-bond acceptors (Lipinski definition) is 4. The van der Waals surface area contributed by atoms with Gasteiger partial charge < -0.3 is 20.1 Å². The summed E-state index contributed by atoms with van der Waals surface area (Å²) >= 11 is 0. The fourth-order valence-corrected chi connectivity index (χ4v) is 2.53. The highest BCUT2D eigenvalue weighted by molar-refractivity contribution is 5.63. The SMILES string of the molecule is COc1cccc(-c2cc(C)c(CN)c(=O)n2CCCO)c1. The molecule has 118 valence electrons. The minimum Gasteiger partial charge on any atom is -0.497 e. The molecule has 0 saturated carbocycles. The molecule has 0 fully saturated rings. The van der Waals surface area contributed by atoms with Gasteiger partial charge in [0, 0.05) is 30.8 Å². The topological polar surface area (TPSA) is 77.5 Å². The molecule has 0 saturated heterocycles. The summed E-state index contributed by atoms with van der Waals surface area (Å²) in [5.74, 6) is 0.735. The van der Waals surface area contributed by atoms with Gasteiger partial charge >= 0.3 is 0 Å². The molecule has 1 heterocycles. The van der Waals surface area contributed by atoms with E-state index < -0.39 is 0 Å². The maximum Gasteiger partial charge on any atom is 0.255 e. The van der Waals surface area contributed by atoms with Crippen molar-refractivity contribution in [3.8, 4) is 17.0 Å². The number of aryl methyl sites for hydroxylation is 1. The Morgan fingerprint density at radius 1 is 1.32 bits per heavy atom. The third kappa shape index (κ3) is 3.21. The number of aliphatic hydroxyl groups is 1. The van der Waals surface area contributed by atoms with Gasteiger partial charge in [-0.1, -0.05) is 12.1 Å². The van der Waals surface area contributed by atoms with Gasteiger partial charge in [0.05, 0.1) is 12.8 Å². The van der Waals surface area contributed by atoms with Crippen molar-refractivity contribution in [2.45, 2.75) is 26.4 Å². The lowest BCUT2D eigenvalue weighted by molar-refractivity contribution is 0.279. The molecule has 0 radical (unpaired) electrons. The van der Waals surface area contributed by atoms with E-state index in [4.69, 9.17) is 15.6 Å². The molecule has 0 spiro atoms. The summed E-state index contributed by atoms with van der Waals surface area (Å²) in [6, 6.07) is 9.55. The quantitative estimate of drug-likeness (QED) is 0.851. The summed E-state index contributed by atoms with van der Waals surface area (Å²) < 4.78 is 6.94. The highest BCUT2D eigenvalue weighted by Crippen LogP contribution is 2.24. The van der Waals surface area contributed by atoms with E-state index >= 15 is 0 Å². The number of methoxy groups -OCH3 is 1. The molecule has 2 rings (SSSR count). The third-order valence-electron chi connectivity index (χ3n) is 3.73. The molecule has 0 bridgehead atoms. The molecular formula is C17H22N2O3. The van der Waals surface area contributed by atoms with Crippen LogP contribution in [0.2, 0.25) is 0 Å². The number of aliphatic hydroxyl groups excluding tert-OH is 1. The number of benzene rings is 1. The van der Waals surface area contributed by atoms with Gasteiger partial charge in [-0.3, -0.25) is 4.79 Å². The summed E-state index contributed by atoms with van der Waals surface area (Å²) in [5, 5.41) is 9.08. The average molecular weight is 302 g/mol. The van der Waals surface area contributed by atoms with Gasteiger partial charge in [0.2, 0.25) is 0 Å². The summed E-state index contributed by atoms with van der Waals surface area (Å²) in [6.07, 6.45) is 0.518. The molecule has 1 aromatic carbocycles. The van der Waals surface area contributed by atoms with Crippen LogP contribution in [0.3, 0.4) is 0 Å². The minimum absolute atomic E-state index is 0.0375. The Balaban J connectivity index is 2.64. The third-order valence-corrected chi connectivity index (χ3v) is 3.73. The standard InChI is InChI=1S/C17H22N2O3/c1-12-9-16(13-5-3-6-14(10-13)22-2)19(7-4-8-20)17(21)15(12)11-18/h3,5-6,9-10,20H,4,7-8,11,18H2,1-2H3. The first kappa shape index (κ1) is 16.3. The van der Waals surface area contributed by atoms with Crippen LogP contribution >= 0.6 is 0 Å². The van der Waals surface area contributed by atoms with Crippen LogP contribution < -0.4 is 16.0 Å². The summed E-state index contributed by atoms with van der Waals surface area (Å²) in [5.41, 5.74) is 8.82. The van der Waals surface area contributed by atoms with Crippen molar-refractivity contribution in [1.29, 1.82) is 0 Å². The minimum atomic E-state index is -0.0891. The van der Waals surface area contributed by atoms with Crippen LogP contribution in [-0.2, 0) is 13.1 Å². The summed E-state index contributed by atoms with van der Waals surface area (Å²) in [4.78, 5) is 12.6. The zero-order valence-corrected chi connectivity index (χ0v) is 13.0. The van der Waals surface area contributed by atoms with Gasteiger partial charge in [0.25, 0.3) is 5.56 Å². The fourth-order valence-electron chi connectivity index (χ4n) is 2.53. The van der Waals surface area contributed by atoms with Gasteiger partial charge in [0.15, 0.2) is 0 Å². The molecule has 3 N–H and O–H groups in total. The second kappa shape index (κ2) is 7.24. The number of hydrogen-bond donors (Lipinski definition) is 2. The van der Waals surface area contributed by atoms with Crippen LogP contribution in [0.4, 0.5) is 0 Å². The van der Waals surface area contributed by atoms with Crippen molar-refractivity contribution < 1.29 is 9.84 Å². The number of nitrogens with two attached hydrogens (primary N) is 1. The first-order valence-electron chi connectivity index (χ1n) is 7.31. The highest BCUT2D eigenvalue weighted by Gasteiger charge is 2.13. The monoisotopic (exact) mass is 302 g/mol. The Hall–Kier alpha value is -2.11. The van der Waals surface area contributed by atoms with Gasteiger partial charge in [0.1, 0.15) is 5.75 Å². The predicted octanol–water partition coefficient (Wildman–Crippen LogP) is 1.67. The van der Waals surface area contributed by atoms with E-state index in [0.29, 0.717) is 18.5 Å². The highest BCUT2D eigenvalue weighted by atomic mass is 16.5. The van der Waals surface area contributed by atoms with E-state index in [1.54, 1.807) is 11.7 Å². The second-order valence-corrected chi connectivity index (χ2v) is 5.16. The van der Waals surface area contributed by atoms with Crippen molar-refractivity contribution in [3.63, 3.8) is 0 Å². The lowest BCUT2D eigenvalue weighted by atomic mass is 10.0. The van der Waals surface area contributed by atoms with Crippen molar-refractivity contribution in [2.75, 3.05) is 13.7 Å². The van der Waals surface area contributed by atoms with Gasteiger partial charge in [-0.15, -0.1) is 0 Å². The fraction of sp³-hybridized carbons (Fsp3) is 0.353. The van der Waals surface area contributed by atoms with E-state index in [9.17, 15) is 4.79 Å². The number of aromatic nitrogens is 1.